The van der Waals surface area contributed by atoms with Gasteiger partial charge >= 0.3 is 143 Å². The summed E-state index contributed by atoms with van der Waals surface area (Å²) in [6, 6.07) is 11.3. The minimum absolute atomic E-state index is 0.0463. The van der Waals surface area contributed by atoms with Crippen molar-refractivity contribution in [2.75, 3.05) is 0 Å². The molecular weight excluding hydrogens is 384 g/mol. The van der Waals surface area contributed by atoms with Crippen molar-refractivity contribution in [3.8, 4) is 0 Å². The van der Waals surface area contributed by atoms with Crippen molar-refractivity contribution in [2.45, 2.75) is 67.9 Å². The van der Waals surface area contributed by atoms with Crippen LogP contribution in [-0.2, 0) is 0 Å². The molecule has 1 nitrogen and oxygen atoms in total. The molecule has 1 N–H and O–H groups in total. The standard InChI is InChI=1S/C20H31OTe/c1-4-5-13-22(17-9-7-6-8-10-17)15-20-12-11-16(14-18(20)21)19(20,2)3/h6-10,16,18,21H,4-5,11-15H2,1-3H3/q+1/t16-,18-,20-/m1/s1. The molecule has 3 rings (SSSR count). The van der Waals surface area contributed by atoms with Crippen LogP contribution in [-0.4, -0.2) is 30.8 Å². The van der Waals surface area contributed by atoms with Crippen LogP contribution in [0.5, 0.6) is 0 Å². The Labute approximate surface area is 143 Å². The van der Waals surface area contributed by atoms with Crippen molar-refractivity contribution in [1.29, 1.82) is 0 Å². The summed E-state index contributed by atoms with van der Waals surface area (Å²) in [4.78, 5) is 0. The molecule has 1 aromatic carbocycles. The molecule has 2 aliphatic carbocycles. The third-order valence-corrected chi connectivity index (χ3v) is 14.0. The summed E-state index contributed by atoms with van der Waals surface area (Å²) in [7, 11) is 0. The summed E-state index contributed by atoms with van der Waals surface area (Å²) in [5.41, 5.74) is 0.560. The fraction of sp³-hybridized carbons (Fsp3) is 0.700. The number of hydrogen-bond donors (Lipinski definition) is 1. The molecule has 22 heavy (non-hydrogen) atoms. The fourth-order valence-electron chi connectivity index (χ4n) is 4.90. The van der Waals surface area contributed by atoms with E-state index >= 15 is 0 Å². The van der Waals surface area contributed by atoms with Crippen LogP contribution in [0.4, 0.5) is 0 Å². The number of unbranched alkanes of at least 4 members (excludes halogenated alkanes) is 1. The van der Waals surface area contributed by atoms with Crippen LogP contribution in [0.25, 0.3) is 0 Å². The first-order chi connectivity index (χ1) is 10.5. The van der Waals surface area contributed by atoms with Crippen LogP contribution in [0, 0.1) is 16.7 Å². The number of benzene rings is 1. The van der Waals surface area contributed by atoms with Gasteiger partial charge in [-0.05, 0) is 0 Å². The Morgan fingerprint density at radius 2 is 1.95 bits per heavy atom. The molecule has 2 bridgehead atoms. The normalized spacial score (nSPS) is 32.8. The average Bonchev–Trinajstić information content (AvgIpc) is 2.86. The van der Waals surface area contributed by atoms with Crippen LogP contribution < -0.4 is 3.61 Å². The van der Waals surface area contributed by atoms with Crippen LogP contribution in [0.15, 0.2) is 30.3 Å². The van der Waals surface area contributed by atoms with Crippen molar-refractivity contribution in [3.05, 3.63) is 30.3 Å². The molecule has 1 aromatic rings. The number of aliphatic hydroxyl groups is 1. The molecule has 0 saturated heterocycles. The number of fused-ring (bicyclic) bond motifs is 2. The number of hydrogen-bond acceptors (Lipinski definition) is 1. The van der Waals surface area contributed by atoms with Gasteiger partial charge in [-0.25, -0.2) is 0 Å². The third kappa shape index (κ3) is 2.66. The van der Waals surface area contributed by atoms with Gasteiger partial charge in [0.25, 0.3) is 0 Å². The Morgan fingerprint density at radius 1 is 1.23 bits per heavy atom. The van der Waals surface area contributed by atoms with E-state index in [4.69, 9.17) is 0 Å². The van der Waals surface area contributed by atoms with E-state index in [1.807, 2.05) is 0 Å². The summed E-state index contributed by atoms with van der Waals surface area (Å²) in [5.74, 6) is 0.754. The Bertz CT molecular complexity index is 498. The van der Waals surface area contributed by atoms with Gasteiger partial charge in [-0.15, -0.1) is 0 Å². The van der Waals surface area contributed by atoms with Gasteiger partial charge in [0.2, 0.25) is 0 Å². The molecule has 0 unspecified atom stereocenters. The van der Waals surface area contributed by atoms with Crippen molar-refractivity contribution in [2.24, 2.45) is 16.7 Å². The molecule has 2 fully saturated rings. The third-order valence-electron chi connectivity index (χ3n) is 6.64. The molecule has 2 saturated carbocycles. The average molecular weight is 415 g/mol. The zero-order valence-corrected chi connectivity index (χ0v) is 16.7. The monoisotopic (exact) mass is 417 g/mol. The zero-order chi connectivity index (χ0) is 15.8. The van der Waals surface area contributed by atoms with Gasteiger partial charge < -0.3 is 0 Å². The summed E-state index contributed by atoms with van der Waals surface area (Å²) < 4.78 is 4.41. The van der Waals surface area contributed by atoms with Gasteiger partial charge in [-0.3, -0.25) is 0 Å². The van der Waals surface area contributed by atoms with Crippen molar-refractivity contribution in [3.63, 3.8) is 0 Å². The van der Waals surface area contributed by atoms with Gasteiger partial charge in [-0.2, -0.15) is 0 Å². The van der Waals surface area contributed by atoms with E-state index in [1.165, 1.54) is 34.6 Å². The molecule has 2 aliphatic rings. The molecule has 122 valence electrons. The molecule has 0 aromatic heterocycles. The van der Waals surface area contributed by atoms with E-state index in [1.54, 1.807) is 3.61 Å². The van der Waals surface area contributed by atoms with E-state index in [9.17, 15) is 5.11 Å². The van der Waals surface area contributed by atoms with Gasteiger partial charge in [0.05, 0.1) is 0 Å². The Balaban J connectivity index is 1.87. The SMILES string of the molecule is CCCC[Te+](C[C@]12CC[C@H](C[C@H]1O)C2(C)C)c1ccccc1. The van der Waals surface area contributed by atoms with Gasteiger partial charge in [0, 0.05) is 0 Å². The number of aliphatic hydroxyl groups excluding tert-OH is 1. The first-order valence-electron chi connectivity index (χ1n) is 8.92. The summed E-state index contributed by atoms with van der Waals surface area (Å²) in [6.07, 6.45) is 6.28. The fourth-order valence-corrected chi connectivity index (χ4v) is 13.6. The Kier molecular flexibility index (Phi) is 4.94. The van der Waals surface area contributed by atoms with Crippen LogP contribution in [0.3, 0.4) is 0 Å². The molecule has 2 heteroatoms. The van der Waals surface area contributed by atoms with Crippen LogP contribution in [0.2, 0.25) is 8.94 Å². The second-order valence-corrected chi connectivity index (χ2v) is 14.0. The molecule has 0 amide bonds. The number of rotatable bonds is 6. The van der Waals surface area contributed by atoms with Crippen LogP contribution >= 0.6 is 0 Å². The second-order valence-electron chi connectivity index (χ2n) is 7.87. The van der Waals surface area contributed by atoms with Crippen LogP contribution in [0.1, 0.15) is 52.9 Å². The van der Waals surface area contributed by atoms with E-state index < -0.39 is 19.6 Å². The Morgan fingerprint density at radius 3 is 2.50 bits per heavy atom. The Hall–Kier alpha value is -0.0304. The minimum atomic E-state index is -1.36. The molecular formula is C20H31OTe+. The zero-order valence-electron chi connectivity index (χ0n) is 14.3. The topological polar surface area (TPSA) is 20.2 Å². The van der Waals surface area contributed by atoms with Gasteiger partial charge in [0.15, 0.2) is 0 Å². The first kappa shape index (κ1) is 16.8. The van der Waals surface area contributed by atoms with Crippen molar-refractivity contribution < 1.29 is 5.11 Å². The van der Waals surface area contributed by atoms with Gasteiger partial charge in [0.1, 0.15) is 0 Å². The maximum absolute atomic E-state index is 10.9. The van der Waals surface area contributed by atoms with Gasteiger partial charge in [-0.1, -0.05) is 0 Å². The quantitative estimate of drug-likeness (QED) is 0.685. The van der Waals surface area contributed by atoms with E-state index in [0.29, 0.717) is 5.41 Å². The molecule has 0 radical (unpaired) electrons. The first-order valence-corrected chi connectivity index (χ1v) is 13.4. The maximum atomic E-state index is 10.9. The molecule has 0 heterocycles. The summed E-state index contributed by atoms with van der Waals surface area (Å²) >= 11 is -1.36. The second kappa shape index (κ2) is 6.46. The molecule has 3 atom stereocenters. The van der Waals surface area contributed by atoms with Crippen molar-refractivity contribution >= 4 is 23.2 Å². The van der Waals surface area contributed by atoms with E-state index in [2.05, 4.69) is 51.1 Å². The molecule has 0 aliphatic heterocycles. The molecule has 0 spiro atoms. The predicted molar refractivity (Wildman–Crippen MR) is 95.9 cm³/mol. The van der Waals surface area contributed by atoms with E-state index in [-0.39, 0.29) is 11.5 Å². The van der Waals surface area contributed by atoms with Crippen molar-refractivity contribution in [1.82, 2.24) is 0 Å². The summed E-state index contributed by atoms with van der Waals surface area (Å²) in [6.45, 7) is 7.20. The predicted octanol–water partition coefficient (Wildman–Crippen LogP) is 4.38. The summed E-state index contributed by atoms with van der Waals surface area (Å²) in [5, 5.41) is 10.9. The van der Waals surface area contributed by atoms with E-state index in [0.717, 1.165) is 12.3 Å².